The highest BCUT2D eigenvalue weighted by Gasteiger charge is 2.34. The van der Waals surface area contributed by atoms with E-state index in [1.165, 1.54) is 12.3 Å². The first-order valence-electron chi connectivity index (χ1n) is 11.6. The number of ether oxygens (including phenoxy) is 1. The van der Waals surface area contributed by atoms with E-state index in [-0.39, 0.29) is 58.3 Å². The Kier molecular flexibility index (Phi) is 7.08. The molecule has 0 unspecified atom stereocenters. The molecule has 12 heteroatoms. The minimum atomic E-state index is -0.608. The van der Waals surface area contributed by atoms with Crippen molar-refractivity contribution in [2.45, 2.75) is 31.7 Å². The highest BCUT2D eigenvalue weighted by Crippen LogP contribution is 2.34. The van der Waals surface area contributed by atoms with Crippen molar-refractivity contribution >= 4 is 63.5 Å². The monoisotopic (exact) mass is 531 g/mol. The fourth-order valence-corrected chi connectivity index (χ4v) is 4.90. The average Bonchev–Trinajstić information content (AvgIpc) is 3.23. The molecule has 10 nitrogen and oxygen atoms in total. The Morgan fingerprint density at radius 1 is 1.06 bits per heavy atom. The van der Waals surface area contributed by atoms with Crippen LogP contribution < -0.4 is 10.6 Å². The number of rotatable bonds is 5. The van der Waals surface area contributed by atoms with Gasteiger partial charge in [0, 0.05) is 24.7 Å². The summed E-state index contributed by atoms with van der Waals surface area (Å²) in [4.78, 5) is 48.6. The smallest absolute Gasteiger partial charge is 0.294 e. The van der Waals surface area contributed by atoms with Crippen LogP contribution in [0.3, 0.4) is 0 Å². The number of carbonyl (C=O) groups excluding carboxylic acids is 3. The van der Waals surface area contributed by atoms with Crippen LogP contribution in [0.5, 0.6) is 0 Å². The Bertz CT molecular complexity index is 1300. The van der Waals surface area contributed by atoms with Gasteiger partial charge in [0.15, 0.2) is 5.58 Å². The molecule has 188 valence electrons. The number of halogens is 2. The van der Waals surface area contributed by atoms with Gasteiger partial charge in [-0.2, -0.15) is 0 Å². The number of hydrogen-bond donors (Lipinski definition) is 2. The maximum atomic E-state index is 13.2. The molecule has 36 heavy (non-hydrogen) atoms. The van der Waals surface area contributed by atoms with Gasteiger partial charge >= 0.3 is 0 Å². The lowest BCUT2D eigenvalue weighted by molar-refractivity contribution is -0.146. The first-order valence-corrected chi connectivity index (χ1v) is 12.3. The van der Waals surface area contributed by atoms with Crippen molar-refractivity contribution in [1.29, 1.82) is 0 Å². The molecule has 0 bridgehead atoms. The largest absolute Gasteiger partial charge is 0.447 e. The molecule has 3 amide bonds. The summed E-state index contributed by atoms with van der Waals surface area (Å²) in [6.45, 7) is 1.22. The second-order valence-corrected chi connectivity index (χ2v) is 9.56. The van der Waals surface area contributed by atoms with Gasteiger partial charge in [-0.25, -0.2) is 9.97 Å². The Morgan fingerprint density at radius 3 is 2.58 bits per heavy atom. The van der Waals surface area contributed by atoms with Gasteiger partial charge in [0.1, 0.15) is 28.8 Å². The first kappa shape index (κ1) is 24.5. The summed E-state index contributed by atoms with van der Waals surface area (Å²) < 4.78 is 11.0. The molecule has 1 aliphatic heterocycles. The van der Waals surface area contributed by atoms with E-state index in [4.69, 9.17) is 32.4 Å². The van der Waals surface area contributed by atoms with Gasteiger partial charge in [0.25, 0.3) is 5.91 Å². The number of pyridine rings is 2. The molecular weight excluding hydrogens is 509 g/mol. The van der Waals surface area contributed by atoms with Gasteiger partial charge in [-0.05, 0) is 49.9 Å². The van der Waals surface area contributed by atoms with Crippen LogP contribution in [-0.2, 0) is 14.3 Å². The summed E-state index contributed by atoms with van der Waals surface area (Å²) in [6.07, 6.45) is 4.06. The number of nitrogens with zero attached hydrogens (tertiary/aromatic N) is 3. The number of furan rings is 1. The standard InChI is InChI=1S/C24H23Cl2N5O5/c25-14-3-8-18(27-11-14)29-24(34)22-21(20-16(36-22)6-7-17(26)28-20)30-23(33)13-1-4-15(5-2-13)31-9-10-35-12-19(31)32/h3,6-8,11,13,15H,1-2,4-5,9-10,12H2,(H,30,33)(H,27,29,34). The normalized spacial score (nSPS) is 20.4. The number of anilines is 2. The second kappa shape index (κ2) is 10.4. The van der Waals surface area contributed by atoms with Gasteiger partial charge in [-0.1, -0.05) is 23.2 Å². The van der Waals surface area contributed by atoms with Gasteiger partial charge in [-0.15, -0.1) is 0 Å². The minimum absolute atomic E-state index is 0.00666. The van der Waals surface area contributed by atoms with E-state index in [0.717, 1.165) is 12.8 Å². The summed E-state index contributed by atoms with van der Waals surface area (Å²) in [7, 11) is 0. The highest BCUT2D eigenvalue weighted by atomic mass is 35.5. The lowest BCUT2D eigenvalue weighted by atomic mass is 9.84. The van der Waals surface area contributed by atoms with Crippen molar-refractivity contribution in [3.05, 3.63) is 46.4 Å². The zero-order valence-corrected chi connectivity index (χ0v) is 20.6. The third kappa shape index (κ3) is 5.16. The highest BCUT2D eigenvalue weighted by molar-refractivity contribution is 6.30. The Balaban J connectivity index is 1.33. The Morgan fingerprint density at radius 2 is 1.86 bits per heavy atom. The van der Waals surface area contributed by atoms with Crippen molar-refractivity contribution in [3.63, 3.8) is 0 Å². The number of amides is 3. The molecule has 0 radical (unpaired) electrons. The van der Waals surface area contributed by atoms with E-state index in [0.29, 0.717) is 36.6 Å². The third-order valence-corrected chi connectivity index (χ3v) is 6.89. The fraction of sp³-hybridized carbons (Fsp3) is 0.375. The predicted octanol–water partition coefficient (Wildman–Crippen LogP) is 4.14. The van der Waals surface area contributed by atoms with E-state index in [1.54, 1.807) is 18.2 Å². The predicted molar refractivity (Wildman–Crippen MR) is 133 cm³/mol. The first-order chi connectivity index (χ1) is 17.4. The van der Waals surface area contributed by atoms with Crippen LogP contribution in [0.25, 0.3) is 11.1 Å². The van der Waals surface area contributed by atoms with E-state index < -0.39 is 5.91 Å². The fourth-order valence-electron chi connectivity index (χ4n) is 4.64. The van der Waals surface area contributed by atoms with Gasteiger partial charge in [0.2, 0.25) is 17.6 Å². The van der Waals surface area contributed by atoms with E-state index in [9.17, 15) is 14.4 Å². The van der Waals surface area contributed by atoms with Crippen molar-refractivity contribution in [2.75, 3.05) is 30.4 Å². The summed E-state index contributed by atoms with van der Waals surface area (Å²) in [6, 6.07) is 6.37. The second-order valence-electron chi connectivity index (χ2n) is 8.74. The third-order valence-electron chi connectivity index (χ3n) is 6.45. The number of carbonyl (C=O) groups is 3. The van der Waals surface area contributed by atoms with Crippen LogP contribution in [0, 0.1) is 5.92 Å². The number of fused-ring (bicyclic) bond motifs is 1. The summed E-state index contributed by atoms with van der Waals surface area (Å²) in [5.74, 6) is -0.988. The van der Waals surface area contributed by atoms with Crippen LogP contribution in [0.4, 0.5) is 11.5 Å². The van der Waals surface area contributed by atoms with Gasteiger partial charge in [0.05, 0.1) is 11.6 Å². The number of nitrogens with one attached hydrogen (secondary N) is 2. The van der Waals surface area contributed by atoms with Crippen molar-refractivity contribution in [3.8, 4) is 0 Å². The Hall–Kier alpha value is -3.21. The molecule has 0 aromatic carbocycles. The molecule has 3 aromatic rings. The minimum Gasteiger partial charge on any atom is -0.447 e. The number of hydrogen-bond acceptors (Lipinski definition) is 7. The average molecular weight is 532 g/mol. The van der Waals surface area contributed by atoms with Crippen molar-refractivity contribution in [2.24, 2.45) is 5.92 Å². The molecule has 1 saturated heterocycles. The topological polar surface area (TPSA) is 127 Å². The maximum Gasteiger partial charge on any atom is 0.294 e. The Labute approximate surface area is 216 Å². The summed E-state index contributed by atoms with van der Waals surface area (Å²) >= 11 is 11.9. The molecule has 5 rings (SSSR count). The van der Waals surface area contributed by atoms with E-state index >= 15 is 0 Å². The number of morpholine rings is 1. The maximum absolute atomic E-state index is 13.2. The molecule has 0 spiro atoms. The van der Waals surface area contributed by atoms with E-state index in [2.05, 4.69) is 20.6 Å². The van der Waals surface area contributed by atoms with Crippen molar-refractivity contribution in [1.82, 2.24) is 14.9 Å². The van der Waals surface area contributed by atoms with Crippen LogP contribution in [0.1, 0.15) is 36.2 Å². The molecule has 2 aliphatic rings. The summed E-state index contributed by atoms with van der Waals surface area (Å²) in [5.41, 5.74) is 0.727. The van der Waals surface area contributed by atoms with Crippen LogP contribution in [0.15, 0.2) is 34.9 Å². The lowest BCUT2D eigenvalue weighted by Crippen LogP contribution is -2.49. The van der Waals surface area contributed by atoms with Crippen LogP contribution in [-0.4, -0.2) is 58.4 Å². The summed E-state index contributed by atoms with van der Waals surface area (Å²) in [5, 5.41) is 6.11. The van der Waals surface area contributed by atoms with Crippen LogP contribution >= 0.6 is 23.2 Å². The molecule has 1 saturated carbocycles. The zero-order chi connectivity index (χ0) is 25.2. The van der Waals surface area contributed by atoms with Crippen LogP contribution in [0.2, 0.25) is 10.2 Å². The molecule has 3 aromatic heterocycles. The quantitative estimate of drug-likeness (QED) is 0.473. The van der Waals surface area contributed by atoms with Crippen molar-refractivity contribution < 1.29 is 23.5 Å². The number of aromatic nitrogens is 2. The molecule has 0 atom stereocenters. The lowest BCUT2D eigenvalue weighted by Gasteiger charge is -2.38. The zero-order valence-electron chi connectivity index (χ0n) is 19.1. The van der Waals surface area contributed by atoms with Gasteiger partial charge < -0.3 is 24.7 Å². The van der Waals surface area contributed by atoms with Gasteiger partial charge in [-0.3, -0.25) is 14.4 Å². The molecule has 4 heterocycles. The SMILES string of the molecule is O=C(Nc1ccc(Cl)cn1)c1oc2ccc(Cl)nc2c1NC(=O)C1CCC(N2CCOCC2=O)CC1. The molecule has 1 aliphatic carbocycles. The molecule has 2 fully saturated rings. The van der Waals surface area contributed by atoms with E-state index in [1.807, 2.05) is 4.90 Å². The molecule has 2 N–H and O–H groups in total. The molecular formula is C24H23Cl2N5O5.